The molecule has 1 rings (SSSR count). The molecule has 0 radical (unpaired) electrons. The van der Waals surface area contributed by atoms with E-state index in [2.05, 4.69) is 59.6 Å². The molecule has 0 heterocycles. The Labute approximate surface area is 206 Å². The van der Waals surface area contributed by atoms with Crippen molar-refractivity contribution in [2.45, 2.75) is 103 Å². The van der Waals surface area contributed by atoms with Crippen LogP contribution in [0.1, 0.15) is 102 Å². The van der Waals surface area contributed by atoms with Gasteiger partial charge in [0.25, 0.3) is 5.09 Å². The third-order valence-corrected chi connectivity index (χ3v) is 6.10. The SMILES string of the molecule is CC(CCCC=CCCCC(=O)NCCCCCCO[N+](=O)[O-])CCCCCc1ccccc1. The van der Waals surface area contributed by atoms with Gasteiger partial charge in [0.2, 0.25) is 5.91 Å². The fraction of sp³-hybridized carbons (Fsp3) is 0.679. The van der Waals surface area contributed by atoms with Gasteiger partial charge < -0.3 is 10.2 Å². The molecule has 0 fully saturated rings. The molecule has 1 unspecified atom stereocenters. The van der Waals surface area contributed by atoms with Crippen LogP contribution in [0.3, 0.4) is 0 Å². The van der Waals surface area contributed by atoms with Crippen LogP contribution in [0.4, 0.5) is 0 Å². The number of amides is 1. The van der Waals surface area contributed by atoms with Crippen LogP contribution < -0.4 is 5.32 Å². The average Bonchev–Trinajstić information content (AvgIpc) is 2.82. The van der Waals surface area contributed by atoms with E-state index < -0.39 is 5.09 Å². The zero-order valence-corrected chi connectivity index (χ0v) is 21.2. The van der Waals surface area contributed by atoms with E-state index in [9.17, 15) is 14.9 Å². The first kappa shape index (κ1) is 29.7. The summed E-state index contributed by atoms with van der Waals surface area (Å²) >= 11 is 0. The number of carbonyl (C=O) groups excluding carboxylic acids is 1. The summed E-state index contributed by atoms with van der Waals surface area (Å²) in [5.74, 6) is 0.922. The predicted octanol–water partition coefficient (Wildman–Crippen LogP) is 7.21. The van der Waals surface area contributed by atoms with Crippen molar-refractivity contribution in [3.63, 3.8) is 0 Å². The first-order chi connectivity index (χ1) is 16.6. The number of rotatable bonds is 22. The number of allylic oxidation sites excluding steroid dienone is 2. The summed E-state index contributed by atoms with van der Waals surface area (Å²) in [6.45, 7) is 3.21. The van der Waals surface area contributed by atoms with Crippen LogP contribution in [-0.2, 0) is 16.1 Å². The van der Waals surface area contributed by atoms with Crippen molar-refractivity contribution in [3.05, 3.63) is 58.2 Å². The molecule has 1 aromatic carbocycles. The number of unbranched alkanes of at least 4 members (excludes halogenated alkanes) is 7. The molecule has 0 bridgehead atoms. The number of hydrogen-bond acceptors (Lipinski definition) is 4. The number of nitrogens with zero attached hydrogens (tertiary/aromatic N) is 1. The van der Waals surface area contributed by atoms with Crippen LogP contribution in [0.2, 0.25) is 0 Å². The lowest BCUT2D eigenvalue weighted by Gasteiger charge is -2.10. The van der Waals surface area contributed by atoms with E-state index in [-0.39, 0.29) is 12.5 Å². The highest BCUT2D eigenvalue weighted by molar-refractivity contribution is 5.75. The van der Waals surface area contributed by atoms with Crippen molar-refractivity contribution in [1.82, 2.24) is 5.32 Å². The number of carbonyl (C=O) groups is 1. The van der Waals surface area contributed by atoms with Gasteiger partial charge in [-0.05, 0) is 62.8 Å². The third-order valence-electron chi connectivity index (χ3n) is 6.10. The molecule has 1 aromatic rings. The van der Waals surface area contributed by atoms with E-state index >= 15 is 0 Å². The minimum Gasteiger partial charge on any atom is -0.356 e. The Bertz CT molecular complexity index is 664. The average molecular weight is 475 g/mol. The molecule has 0 saturated carbocycles. The first-order valence-electron chi connectivity index (χ1n) is 13.3. The summed E-state index contributed by atoms with van der Waals surface area (Å²) in [7, 11) is 0. The Morgan fingerprint density at radius 3 is 2.38 bits per heavy atom. The van der Waals surface area contributed by atoms with E-state index in [0.717, 1.165) is 44.4 Å². The van der Waals surface area contributed by atoms with Gasteiger partial charge in [0.05, 0.1) is 6.61 Å². The Balaban J connectivity index is 1.84. The molecule has 0 aliphatic heterocycles. The highest BCUT2D eigenvalue weighted by atomic mass is 16.9. The van der Waals surface area contributed by atoms with Crippen molar-refractivity contribution >= 4 is 5.91 Å². The molecule has 1 N–H and O–H groups in total. The summed E-state index contributed by atoms with van der Waals surface area (Å²) in [4.78, 5) is 26.1. The molecule has 6 heteroatoms. The van der Waals surface area contributed by atoms with Gasteiger partial charge in [-0.15, -0.1) is 10.1 Å². The molecule has 1 atom stereocenters. The summed E-state index contributed by atoms with van der Waals surface area (Å²) in [6, 6.07) is 10.8. The van der Waals surface area contributed by atoms with E-state index in [1.807, 2.05) is 0 Å². The van der Waals surface area contributed by atoms with Crippen molar-refractivity contribution in [2.24, 2.45) is 5.92 Å². The van der Waals surface area contributed by atoms with Gasteiger partial charge in [0.15, 0.2) is 0 Å². The second kappa shape index (κ2) is 21.2. The van der Waals surface area contributed by atoms with Gasteiger partial charge in [-0.2, -0.15) is 0 Å². The molecule has 0 aliphatic carbocycles. The number of benzene rings is 1. The number of aryl methyl sites for hydroxylation is 1. The zero-order chi connectivity index (χ0) is 24.7. The van der Waals surface area contributed by atoms with Gasteiger partial charge in [-0.25, -0.2) is 0 Å². The summed E-state index contributed by atoms with van der Waals surface area (Å²) < 4.78 is 0. The molecule has 1 amide bonds. The minimum atomic E-state index is -0.757. The minimum absolute atomic E-state index is 0.114. The van der Waals surface area contributed by atoms with Crippen molar-refractivity contribution in [2.75, 3.05) is 13.2 Å². The molecule has 0 aromatic heterocycles. The van der Waals surface area contributed by atoms with E-state index in [1.54, 1.807) is 0 Å². The molecular weight excluding hydrogens is 428 g/mol. The van der Waals surface area contributed by atoms with Crippen LogP contribution in [-0.4, -0.2) is 24.1 Å². The van der Waals surface area contributed by atoms with Gasteiger partial charge >= 0.3 is 0 Å². The number of nitrogens with one attached hydrogen (secondary N) is 1. The number of hydrogen-bond donors (Lipinski definition) is 1. The molecule has 0 spiro atoms. The monoisotopic (exact) mass is 474 g/mol. The predicted molar refractivity (Wildman–Crippen MR) is 139 cm³/mol. The highest BCUT2D eigenvalue weighted by Gasteiger charge is 2.02. The van der Waals surface area contributed by atoms with Crippen LogP contribution >= 0.6 is 0 Å². The summed E-state index contributed by atoms with van der Waals surface area (Å²) in [6.07, 6.45) is 20.5. The normalized spacial score (nSPS) is 12.0. The zero-order valence-electron chi connectivity index (χ0n) is 21.2. The van der Waals surface area contributed by atoms with Crippen molar-refractivity contribution < 1.29 is 14.7 Å². The molecule has 0 saturated heterocycles. The molecular formula is C28H46N2O4. The van der Waals surface area contributed by atoms with Crippen LogP contribution in [0, 0.1) is 16.0 Å². The van der Waals surface area contributed by atoms with Gasteiger partial charge in [-0.3, -0.25) is 4.79 Å². The van der Waals surface area contributed by atoms with Crippen molar-refractivity contribution in [1.29, 1.82) is 0 Å². The van der Waals surface area contributed by atoms with Crippen LogP contribution in [0.25, 0.3) is 0 Å². The summed E-state index contributed by atoms with van der Waals surface area (Å²) in [5, 5.41) is 12.2. The van der Waals surface area contributed by atoms with Gasteiger partial charge in [0.1, 0.15) is 0 Å². The molecule has 0 aliphatic rings. The van der Waals surface area contributed by atoms with Crippen LogP contribution in [0.15, 0.2) is 42.5 Å². The third kappa shape index (κ3) is 19.1. The smallest absolute Gasteiger partial charge is 0.294 e. The Kier molecular flexibility index (Phi) is 18.5. The maximum Gasteiger partial charge on any atom is 0.294 e. The molecule has 192 valence electrons. The summed E-state index contributed by atoms with van der Waals surface area (Å²) in [5.41, 5.74) is 1.45. The van der Waals surface area contributed by atoms with E-state index in [1.165, 1.54) is 50.5 Å². The Morgan fingerprint density at radius 1 is 0.941 bits per heavy atom. The van der Waals surface area contributed by atoms with E-state index in [4.69, 9.17) is 0 Å². The Hall–Kier alpha value is -2.37. The van der Waals surface area contributed by atoms with Crippen molar-refractivity contribution in [3.8, 4) is 0 Å². The topological polar surface area (TPSA) is 81.5 Å². The lowest BCUT2D eigenvalue weighted by Crippen LogP contribution is -2.23. The van der Waals surface area contributed by atoms with Gasteiger partial charge in [-0.1, -0.05) is 87.9 Å². The van der Waals surface area contributed by atoms with E-state index in [0.29, 0.717) is 19.4 Å². The van der Waals surface area contributed by atoms with Gasteiger partial charge in [0, 0.05) is 13.0 Å². The lowest BCUT2D eigenvalue weighted by molar-refractivity contribution is -0.757. The molecule has 6 nitrogen and oxygen atoms in total. The quantitative estimate of drug-likeness (QED) is 0.0833. The largest absolute Gasteiger partial charge is 0.356 e. The standard InChI is InChI=1S/C28H46N2O4/c1-26(19-11-8-12-20-27-21-13-9-14-22-27)18-10-4-2-3-5-15-23-28(31)29-24-16-6-7-17-25-34-30(32)33/h2-3,9,13-14,21-22,26H,4-8,10-12,15-20,23-25H2,1H3,(H,29,31). The fourth-order valence-electron chi connectivity index (χ4n) is 4.02. The lowest BCUT2D eigenvalue weighted by atomic mass is 9.96. The maximum atomic E-state index is 11.8. The highest BCUT2D eigenvalue weighted by Crippen LogP contribution is 2.17. The second-order valence-corrected chi connectivity index (χ2v) is 9.31. The first-order valence-corrected chi connectivity index (χ1v) is 13.3. The Morgan fingerprint density at radius 2 is 1.62 bits per heavy atom. The maximum absolute atomic E-state index is 11.8. The molecule has 34 heavy (non-hydrogen) atoms. The fourth-order valence-corrected chi connectivity index (χ4v) is 4.02. The van der Waals surface area contributed by atoms with Crippen LogP contribution in [0.5, 0.6) is 0 Å². The second-order valence-electron chi connectivity index (χ2n) is 9.31.